The van der Waals surface area contributed by atoms with Crippen LogP contribution in [0.4, 0.5) is 10.1 Å². The van der Waals surface area contributed by atoms with Gasteiger partial charge in [-0.1, -0.05) is 6.07 Å². The monoisotopic (exact) mass is 283 g/mol. The van der Waals surface area contributed by atoms with Gasteiger partial charge in [0, 0.05) is 6.07 Å². The van der Waals surface area contributed by atoms with Crippen LogP contribution in [0.5, 0.6) is 11.6 Å². The lowest BCUT2D eigenvalue weighted by molar-refractivity contribution is -0.385. The van der Waals surface area contributed by atoms with Crippen LogP contribution >= 0.6 is 11.6 Å². The third-order valence-corrected chi connectivity index (χ3v) is 2.38. The van der Waals surface area contributed by atoms with Crippen molar-refractivity contribution < 1.29 is 14.1 Å². The van der Waals surface area contributed by atoms with Gasteiger partial charge in [0.2, 0.25) is 16.9 Å². The molecule has 0 saturated heterocycles. The van der Waals surface area contributed by atoms with Crippen LogP contribution in [0.2, 0.25) is 5.28 Å². The Kier molecular flexibility index (Phi) is 3.57. The average Bonchev–Trinajstić information content (AvgIpc) is 2.35. The Morgan fingerprint density at radius 1 is 1.47 bits per heavy atom. The Balaban J connectivity index is 2.43. The van der Waals surface area contributed by atoms with Crippen molar-refractivity contribution >= 4 is 17.3 Å². The highest BCUT2D eigenvalue weighted by atomic mass is 35.5. The fourth-order valence-corrected chi connectivity index (χ4v) is 1.49. The molecule has 0 amide bonds. The number of nitrogens with zero attached hydrogens (tertiary/aromatic N) is 3. The quantitative estimate of drug-likeness (QED) is 0.491. The van der Waals surface area contributed by atoms with Crippen molar-refractivity contribution in [3.05, 3.63) is 51.2 Å². The molecule has 1 aromatic carbocycles. The lowest BCUT2D eigenvalue weighted by atomic mass is 10.2. The molecular formula is C11H7ClFN3O3. The van der Waals surface area contributed by atoms with E-state index < -0.39 is 16.6 Å². The fraction of sp³-hybridized carbons (Fsp3) is 0.0909. The largest absolute Gasteiger partial charge is 0.429 e. The van der Waals surface area contributed by atoms with Crippen molar-refractivity contribution in [2.24, 2.45) is 0 Å². The van der Waals surface area contributed by atoms with Gasteiger partial charge in [-0.25, -0.2) is 4.98 Å². The molecule has 1 aromatic heterocycles. The molecule has 98 valence electrons. The number of nitro groups is 1. The molecule has 0 atom stereocenters. The highest BCUT2D eigenvalue weighted by Crippen LogP contribution is 2.32. The predicted molar refractivity (Wildman–Crippen MR) is 64.9 cm³/mol. The molecule has 0 saturated carbocycles. The van der Waals surface area contributed by atoms with Crippen LogP contribution in [0.1, 0.15) is 5.56 Å². The molecule has 1 heterocycles. The topological polar surface area (TPSA) is 78.2 Å². The van der Waals surface area contributed by atoms with Crippen LogP contribution in [-0.2, 0) is 0 Å². The predicted octanol–water partition coefficient (Wildman–Crippen LogP) is 3.28. The first kappa shape index (κ1) is 13.2. The van der Waals surface area contributed by atoms with E-state index in [1.54, 1.807) is 13.0 Å². The third kappa shape index (κ3) is 2.94. The van der Waals surface area contributed by atoms with Gasteiger partial charge in [-0.3, -0.25) is 10.1 Å². The van der Waals surface area contributed by atoms with Crippen molar-refractivity contribution in [2.45, 2.75) is 6.92 Å². The first-order valence-electron chi connectivity index (χ1n) is 5.08. The van der Waals surface area contributed by atoms with Crippen LogP contribution in [0.15, 0.2) is 24.4 Å². The number of aromatic nitrogens is 2. The molecule has 0 fully saturated rings. The second-order valence-corrected chi connectivity index (χ2v) is 3.96. The lowest BCUT2D eigenvalue weighted by Crippen LogP contribution is -1.98. The van der Waals surface area contributed by atoms with Crippen LogP contribution in [0, 0.1) is 22.9 Å². The SMILES string of the molecule is Cc1ccc(Oc2nc(Cl)ncc2F)c([N+](=O)[O-])c1. The van der Waals surface area contributed by atoms with Gasteiger partial charge < -0.3 is 4.74 Å². The lowest BCUT2D eigenvalue weighted by Gasteiger charge is -2.06. The van der Waals surface area contributed by atoms with E-state index in [0.717, 1.165) is 6.20 Å². The summed E-state index contributed by atoms with van der Waals surface area (Å²) in [5, 5.41) is 10.7. The number of aryl methyl sites for hydroxylation is 1. The molecule has 2 aromatic rings. The summed E-state index contributed by atoms with van der Waals surface area (Å²) in [6, 6.07) is 4.28. The maximum atomic E-state index is 13.4. The summed E-state index contributed by atoms with van der Waals surface area (Å²) in [5.41, 5.74) is 0.398. The molecule has 0 aliphatic rings. The summed E-state index contributed by atoms with van der Waals surface area (Å²) in [6.07, 6.45) is 0.824. The van der Waals surface area contributed by atoms with E-state index in [-0.39, 0.29) is 16.7 Å². The summed E-state index contributed by atoms with van der Waals surface area (Å²) in [6.45, 7) is 1.69. The normalized spacial score (nSPS) is 10.3. The second-order valence-electron chi connectivity index (χ2n) is 3.62. The van der Waals surface area contributed by atoms with Gasteiger partial charge in [-0.2, -0.15) is 9.37 Å². The molecule has 0 aliphatic heterocycles. The molecule has 0 spiro atoms. The molecule has 0 N–H and O–H groups in total. The van der Waals surface area contributed by atoms with E-state index in [2.05, 4.69) is 9.97 Å². The minimum atomic E-state index is -0.862. The van der Waals surface area contributed by atoms with Crippen LogP contribution in [0.3, 0.4) is 0 Å². The minimum absolute atomic E-state index is 0.121. The number of nitro benzene ring substituents is 1. The zero-order chi connectivity index (χ0) is 14.0. The molecule has 19 heavy (non-hydrogen) atoms. The first-order valence-corrected chi connectivity index (χ1v) is 5.46. The molecule has 0 unspecified atom stereocenters. The Morgan fingerprint density at radius 3 is 2.89 bits per heavy atom. The molecule has 2 rings (SSSR count). The van der Waals surface area contributed by atoms with Crippen molar-refractivity contribution in [2.75, 3.05) is 0 Å². The maximum absolute atomic E-state index is 13.4. The molecule has 0 aliphatic carbocycles. The zero-order valence-electron chi connectivity index (χ0n) is 9.63. The smallest absolute Gasteiger partial charge is 0.311 e. The Morgan fingerprint density at radius 2 is 2.21 bits per heavy atom. The maximum Gasteiger partial charge on any atom is 0.311 e. The van der Waals surface area contributed by atoms with Crippen molar-refractivity contribution in [3.8, 4) is 11.6 Å². The molecule has 0 radical (unpaired) electrons. The second kappa shape index (κ2) is 5.15. The van der Waals surface area contributed by atoms with Gasteiger partial charge in [0.1, 0.15) is 0 Å². The van der Waals surface area contributed by atoms with Crippen LogP contribution in [-0.4, -0.2) is 14.9 Å². The molecule has 0 bridgehead atoms. The van der Waals surface area contributed by atoms with Gasteiger partial charge in [-0.15, -0.1) is 0 Å². The van der Waals surface area contributed by atoms with E-state index in [0.29, 0.717) is 5.56 Å². The van der Waals surface area contributed by atoms with Gasteiger partial charge in [-0.05, 0) is 30.2 Å². The standard InChI is InChI=1S/C11H7ClFN3O3/c1-6-2-3-9(8(4-6)16(17)18)19-10-7(13)5-14-11(12)15-10/h2-5H,1H3. The average molecular weight is 284 g/mol. The van der Waals surface area contributed by atoms with E-state index in [9.17, 15) is 14.5 Å². The third-order valence-electron chi connectivity index (χ3n) is 2.20. The van der Waals surface area contributed by atoms with Gasteiger partial charge in [0.05, 0.1) is 11.1 Å². The van der Waals surface area contributed by atoms with Crippen molar-refractivity contribution in [1.29, 1.82) is 0 Å². The van der Waals surface area contributed by atoms with Gasteiger partial charge >= 0.3 is 5.69 Å². The molecular weight excluding hydrogens is 277 g/mol. The summed E-state index contributed by atoms with van der Waals surface area (Å²) < 4.78 is 18.5. The summed E-state index contributed by atoms with van der Waals surface area (Å²) >= 11 is 5.51. The van der Waals surface area contributed by atoms with E-state index in [1.807, 2.05) is 0 Å². The fourth-order valence-electron chi connectivity index (χ4n) is 1.36. The Bertz CT molecular complexity index is 651. The summed E-state index contributed by atoms with van der Waals surface area (Å²) in [7, 11) is 0. The van der Waals surface area contributed by atoms with Crippen molar-refractivity contribution in [1.82, 2.24) is 9.97 Å². The minimum Gasteiger partial charge on any atom is -0.429 e. The molecule has 6 nitrogen and oxygen atoms in total. The van der Waals surface area contributed by atoms with Gasteiger partial charge in [0.15, 0.2) is 0 Å². The van der Waals surface area contributed by atoms with E-state index in [4.69, 9.17) is 16.3 Å². The number of ether oxygens (including phenoxy) is 1. The number of hydrogen-bond donors (Lipinski definition) is 0. The highest BCUT2D eigenvalue weighted by Gasteiger charge is 2.18. The van der Waals surface area contributed by atoms with Gasteiger partial charge in [0.25, 0.3) is 5.88 Å². The van der Waals surface area contributed by atoms with Crippen LogP contribution in [0.25, 0.3) is 0 Å². The highest BCUT2D eigenvalue weighted by molar-refractivity contribution is 6.28. The number of benzene rings is 1. The zero-order valence-corrected chi connectivity index (χ0v) is 10.4. The first-order chi connectivity index (χ1) is 8.97. The summed E-state index contributed by atoms with van der Waals surface area (Å²) in [4.78, 5) is 17.2. The Hall–Kier alpha value is -2.28. The van der Waals surface area contributed by atoms with Crippen molar-refractivity contribution in [3.63, 3.8) is 0 Å². The number of rotatable bonds is 3. The summed E-state index contributed by atoms with van der Waals surface area (Å²) in [5.74, 6) is -1.45. The van der Waals surface area contributed by atoms with E-state index in [1.165, 1.54) is 12.1 Å². The number of halogens is 2. The Labute approximate surface area is 112 Å². The number of hydrogen-bond acceptors (Lipinski definition) is 5. The molecule has 8 heteroatoms. The van der Waals surface area contributed by atoms with E-state index >= 15 is 0 Å². The van der Waals surface area contributed by atoms with Crippen LogP contribution < -0.4 is 4.74 Å².